The molecule has 0 saturated carbocycles. The number of hydrogen-bond acceptors (Lipinski definition) is 6. The van der Waals surface area contributed by atoms with Crippen molar-refractivity contribution in [3.05, 3.63) is 54.1 Å². The number of ether oxygens (including phenoxy) is 2. The van der Waals surface area contributed by atoms with Crippen molar-refractivity contribution in [3.8, 4) is 5.75 Å². The molecule has 6 heteroatoms. The summed E-state index contributed by atoms with van der Waals surface area (Å²) < 4.78 is 11.4. The maximum absolute atomic E-state index is 9.03. The zero-order chi connectivity index (χ0) is 18.2. The number of aliphatic hydroxyl groups is 1. The Kier molecular flexibility index (Phi) is 6.71. The van der Waals surface area contributed by atoms with Crippen molar-refractivity contribution < 1.29 is 14.6 Å². The van der Waals surface area contributed by atoms with Crippen LogP contribution in [-0.2, 0) is 11.3 Å². The SMILES string of the molecule is Nc1ccc(OCCCO)c(N(Cc2ccccc2)N2CCOCC2)c1. The Morgan fingerprint density at radius 1 is 1.12 bits per heavy atom. The lowest BCUT2D eigenvalue weighted by molar-refractivity contribution is 0.0304. The first kappa shape index (κ1) is 18.5. The van der Waals surface area contributed by atoms with Crippen molar-refractivity contribution in [2.24, 2.45) is 0 Å². The topological polar surface area (TPSA) is 71.2 Å². The summed E-state index contributed by atoms with van der Waals surface area (Å²) >= 11 is 0. The first-order valence-corrected chi connectivity index (χ1v) is 9.05. The normalized spacial score (nSPS) is 15.0. The first-order chi connectivity index (χ1) is 12.8. The second kappa shape index (κ2) is 9.43. The van der Waals surface area contributed by atoms with Crippen molar-refractivity contribution in [1.82, 2.24) is 5.01 Å². The number of benzene rings is 2. The van der Waals surface area contributed by atoms with E-state index in [4.69, 9.17) is 20.3 Å². The van der Waals surface area contributed by atoms with Crippen LogP contribution in [0.5, 0.6) is 5.75 Å². The van der Waals surface area contributed by atoms with Crippen molar-refractivity contribution in [3.63, 3.8) is 0 Å². The van der Waals surface area contributed by atoms with Crippen molar-refractivity contribution >= 4 is 11.4 Å². The van der Waals surface area contributed by atoms with E-state index in [2.05, 4.69) is 22.2 Å². The van der Waals surface area contributed by atoms with Crippen LogP contribution in [0.3, 0.4) is 0 Å². The highest BCUT2D eigenvalue weighted by molar-refractivity contribution is 5.64. The average molecular weight is 357 g/mol. The van der Waals surface area contributed by atoms with Gasteiger partial charge in [-0.2, -0.15) is 0 Å². The van der Waals surface area contributed by atoms with E-state index in [1.807, 2.05) is 36.4 Å². The van der Waals surface area contributed by atoms with E-state index in [0.29, 0.717) is 31.9 Å². The number of aliphatic hydroxyl groups excluding tert-OH is 1. The van der Waals surface area contributed by atoms with Gasteiger partial charge in [0, 0.05) is 31.8 Å². The molecule has 0 spiro atoms. The Labute approximate surface area is 154 Å². The number of nitrogens with zero attached hydrogens (tertiary/aromatic N) is 2. The predicted molar refractivity (Wildman–Crippen MR) is 103 cm³/mol. The largest absolute Gasteiger partial charge is 0.491 e. The molecule has 2 aromatic carbocycles. The van der Waals surface area contributed by atoms with Gasteiger partial charge in [-0.1, -0.05) is 30.3 Å². The Hall–Kier alpha value is -2.28. The minimum atomic E-state index is 0.113. The molecule has 3 N–H and O–H groups in total. The fraction of sp³-hybridized carbons (Fsp3) is 0.400. The van der Waals surface area contributed by atoms with Gasteiger partial charge in [0.05, 0.1) is 32.1 Å². The number of hydrogen-bond donors (Lipinski definition) is 2. The maximum atomic E-state index is 9.03. The van der Waals surface area contributed by atoms with E-state index in [9.17, 15) is 0 Å². The molecule has 26 heavy (non-hydrogen) atoms. The molecule has 3 rings (SSSR count). The molecule has 0 bridgehead atoms. The standard InChI is InChI=1S/C20H27N3O3/c21-18-7-8-20(26-12-4-11-24)19(15-18)23(22-9-13-25-14-10-22)16-17-5-2-1-3-6-17/h1-3,5-8,15,24H,4,9-14,16,21H2. The Balaban J connectivity index is 1.90. The zero-order valence-electron chi connectivity index (χ0n) is 15.0. The first-order valence-electron chi connectivity index (χ1n) is 9.05. The molecule has 0 aromatic heterocycles. The molecule has 2 aromatic rings. The fourth-order valence-electron chi connectivity index (χ4n) is 2.99. The van der Waals surface area contributed by atoms with Crippen LogP contribution < -0.4 is 15.5 Å². The molecular formula is C20H27N3O3. The minimum absolute atomic E-state index is 0.113. The molecule has 0 aliphatic carbocycles. The van der Waals surface area contributed by atoms with Crippen LogP contribution in [0.25, 0.3) is 0 Å². The Morgan fingerprint density at radius 2 is 1.88 bits per heavy atom. The van der Waals surface area contributed by atoms with Gasteiger partial charge in [-0.25, -0.2) is 5.01 Å². The molecule has 0 amide bonds. The number of rotatable bonds is 8. The van der Waals surface area contributed by atoms with Crippen LogP contribution in [0, 0.1) is 0 Å². The lowest BCUT2D eigenvalue weighted by atomic mass is 10.2. The number of hydrazine groups is 1. The average Bonchev–Trinajstić information content (AvgIpc) is 2.69. The third kappa shape index (κ3) is 4.88. The minimum Gasteiger partial charge on any atom is -0.491 e. The highest BCUT2D eigenvalue weighted by atomic mass is 16.5. The lowest BCUT2D eigenvalue weighted by Gasteiger charge is -2.39. The van der Waals surface area contributed by atoms with Gasteiger partial charge in [-0.15, -0.1) is 0 Å². The van der Waals surface area contributed by atoms with Gasteiger partial charge in [-0.05, 0) is 23.8 Å². The van der Waals surface area contributed by atoms with Crippen LogP contribution >= 0.6 is 0 Å². The maximum Gasteiger partial charge on any atom is 0.144 e. The Morgan fingerprint density at radius 3 is 2.62 bits per heavy atom. The third-order valence-electron chi connectivity index (χ3n) is 4.33. The quantitative estimate of drug-likeness (QED) is 0.558. The fourth-order valence-corrected chi connectivity index (χ4v) is 2.99. The van der Waals surface area contributed by atoms with E-state index in [1.165, 1.54) is 5.56 Å². The van der Waals surface area contributed by atoms with Crippen LogP contribution in [-0.4, -0.2) is 49.6 Å². The second-order valence-electron chi connectivity index (χ2n) is 6.26. The molecule has 1 saturated heterocycles. The Bertz CT molecular complexity index is 675. The van der Waals surface area contributed by atoms with Crippen LogP contribution in [0.15, 0.2) is 48.5 Å². The van der Waals surface area contributed by atoms with E-state index in [0.717, 1.165) is 31.1 Å². The summed E-state index contributed by atoms with van der Waals surface area (Å²) in [6.45, 7) is 4.34. The molecule has 1 fully saturated rings. The summed E-state index contributed by atoms with van der Waals surface area (Å²) in [5.41, 5.74) is 8.92. The molecule has 140 valence electrons. The van der Waals surface area contributed by atoms with Gasteiger partial charge >= 0.3 is 0 Å². The van der Waals surface area contributed by atoms with Crippen LogP contribution in [0.1, 0.15) is 12.0 Å². The predicted octanol–water partition coefficient (Wildman–Crippen LogP) is 2.28. The van der Waals surface area contributed by atoms with Gasteiger partial charge in [-0.3, -0.25) is 5.01 Å². The second-order valence-corrected chi connectivity index (χ2v) is 6.26. The molecule has 0 unspecified atom stereocenters. The molecule has 1 heterocycles. The van der Waals surface area contributed by atoms with Crippen molar-refractivity contribution in [2.45, 2.75) is 13.0 Å². The van der Waals surface area contributed by atoms with Gasteiger partial charge in [0.2, 0.25) is 0 Å². The van der Waals surface area contributed by atoms with Gasteiger partial charge in [0.15, 0.2) is 0 Å². The van der Waals surface area contributed by atoms with E-state index in [-0.39, 0.29) is 6.61 Å². The van der Waals surface area contributed by atoms with Crippen LogP contribution in [0.2, 0.25) is 0 Å². The number of nitrogens with two attached hydrogens (primary N) is 1. The summed E-state index contributed by atoms with van der Waals surface area (Å²) in [5.74, 6) is 0.773. The van der Waals surface area contributed by atoms with Crippen LogP contribution in [0.4, 0.5) is 11.4 Å². The van der Waals surface area contributed by atoms with Gasteiger partial charge < -0.3 is 20.3 Å². The summed E-state index contributed by atoms with van der Waals surface area (Å²) in [5, 5.41) is 13.5. The summed E-state index contributed by atoms with van der Waals surface area (Å²) in [6.07, 6.45) is 0.597. The summed E-state index contributed by atoms with van der Waals surface area (Å²) in [6, 6.07) is 16.0. The highest BCUT2D eigenvalue weighted by Crippen LogP contribution is 2.33. The number of nitrogen functional groups attached to an aromatic ring is 1. The monoisotopic (exact) mass is 357 g/mol. The molecule has 0 atom stereocenters. The highest BCUT2D eigenvalue weighted by Gasteiger charge is 2.22. The van der Waals surface area contributed by atoms with Crippen molar-refractivity contribution in [2.75, 3.05) is 50.3 Å². The van der Waals surface area contributed by atoms with E-state index in [1.54, 1.807) is 0 Å². The molecule has 6 nitrogen and oxygen atoms in total. The smallest absolute Gasteiger partial charge is 0.144 e. The van der Waals surface area contributed by atoms with E-state index < -0.39 is 0 Å². The molecule has 1 aliphatic heterocycles. The zero-order valence-corrected chi connectivity index (χ0v) is 15.0. The number of anilines is 2. The summed E-state index contributed by atoms with van der Waals surface area (Å²) in [7, 11) is 0. The molecular weight excluding hydrogens is 330 g/mol. The van der Waals surface area contributed by atoms with Crippen molar-refractivity contribution in [1.29, 1.82) is 0 Å². The third-order valence-corrected chi connectivity index (χ3v) is 4.33. The summed E-state index contributed by atoms with van der Waals surface area (Å²) in [4.78, 5) is 0. The van der Waals surface area contributed by atoms with Gasteiger partial charge in [0.25, 0.3) is 0 Å². The lowest BCUT2D eigenvalue weighted by Crippen LogP contribution is -2.48. The molecule has 0 radical (unpaired) electrons. The van der Waals surface area contributed by atoms with Gasteiger partial charge in [0.1, 0.15) is 5.75 Å². The molecule has 1 aliphatic rings. The van der Waals surface area contributed by atoms with E-state index >= 15 is 0 Å². The number of morpholine rings is 1.